The molecule has 3 heterocycles. The second kappa shape index (κ2) is 8.82. The van der Waals surface area contributed by atoms with E-state index in [1.54, 1.807) is 16.8 Å². The van der Waals surface area contributed by atoms with E-state index in [0.29, 0.717) is 24.1 Å². The van der Waals surface area contributed by atoms with Crippen LogP contribution in [0.3, 0.4) is 0 Å². The van der Waals surface area contributed by atoms with E-state index in [1.807, 2.05) is 31.3 Å². The summed E-state index contributed by atoms with van der Waals surface area (Å²) >= 11 is 0. The summed E-state index contributed by atoms with van der Waals surface area (Å²) in [6.07, 6.45) is 5.02. The molecule has 8 heteroatoms. The van der Waals surface area contributed by atoms with E-state index in [0.717, 1.165) is 41.0 Å². The molecule has 1 aliphatic rings. The van der Waals surface area contributed by atoms with Gasteiger partial charge in [-0.3, -0.25) is 4.98 Å². The number of pyridine rings is 1. The van der Waals surface area contributed by atoms with E-state index in [4.69, 9.17) is 5.26 Å². The van der Waals surface area contributed by atoms with Gasteiger partial charge in [-0.2, -0.15) is 10.4 Å². The van der Waals surface area contributed by atoms with Crippen LogP contribution in [0.15, 0.2) is 36.7 Å². The molecule has 1 fully saturated rings. The summed E-state index contributed by atoms with van der Waals surface area (Å²) in [5.74, 6) is 0.460. The molecule has 0 saturated heterocycles. The molecule has 2 N–H and O–H groups in total. The van der Waals surface area contributed by atoms with Crippen molar-refractivity contribution in [2.75, 3.05) is 19.0 Å². The maximum Gasteiger partial charge on any atom is 0.406 e. The fourth-order valence-corrected chi connectivity index (χ4v) is 3.61. The monoisotopic (exact) mass is 406 g/mol. The van der Waals surface area contributed by atoms with E-state index < -0.39 is 0 Å². The van der Waals surface area contributed by atoms with E-state index in [9.17, 15) is 4.79 Å². The molecule has 0 bridgehead atoms. The molecule has 0 unspecified atom stereocenters. The van der Waals surface area contributed by atoms with Gasteiger partial charge in [0, 0.05) is 24.5 Å². The minimum atomic E-state index is -0.383. The highest BCUT2D eigenvalue weighted by molar-refractivity contribution is 5.69. The number of nitrogens with one attached hydrogen (secondary N) is 2. The quantitative estimate of drug-likeness (QED) is 0.668. The lowest BCUT2D eigenvalue weighted by Crippen LogP contribution is -2.42. The molecule has 0 aromatic carbocycles. The Morgan fingerprint density at radius 2 is 2.13 bits per heavy atom. The standard InChI is InChI=1S/C21H22N6O2.CH4/c1-13-10-23-19(20-4-3-17-7-15(9-22)12-25-27(17)20)8-18(13)26-16-5-14(6-16)11-24-21(28)29-2;/h3-4,7-8,10,12,14,16H,5-6,11H2,1-2H3,(H,23,26)(H,24,28);1H4. The molecule has 0 spiro atoms. The van der Waals surface area contributed by atoms with Crippen LogP contribution in [0, 0.1) is 24.2 Å². The molecule has 1 aliphatic carbocycles. The van der Waals surface area contributed by atoms with Gasteiger partial charge in [-0.1, -0.05) is 7.43 Å². The summed E-state index contributed by atoms with van der Waals surface area (Å²) in [5, 5.41) is 19.8. The minimum absolute atomic E-state index is 0. The van der Waals surface area contributed by atoms with Crippen molar-refractivity contribution in [3.63, 3.8) is 0 Å². The normalized spacial score (nSPS) is 17.4. The molecule has 156 valence electrons. The van der Waals surface area contributed by atoms with Crippen molar-refractivity contribution in [2.24, 2.45) is 5.92 Å². The molecule has 8 nitrogen and oxygen atoms in total. The van der Waals surface area contributed by atoms with Crippen LogP contribution in [-0.4, -0.2) is 40.4 Å². The molecule has 1 saturated carbocycles. The lowest BCUT2D eigenvalue weighted by Gasteiger charge is -2.36. The average Bonchev–Trinajstić information content (AvgIpc) is 3.13. The minimum Gasteiger partial charge on any atom is -0.453 e. The van der Waals surface area contributed by atoms with E-state index >= 15 is 0 Å². The largest absolute Gasteiger partial charge is 0.453 e. The van der Waals surface area contributed by atoms with Crippen LogP contribution in [0.4, 0.5) is 10.5 Å². The summed E-state index contributed by atoms with van der Waals surface area (Å²) in [4.78, 5) is 15.7. The van der Waals surface area contributed by atoms with Crippen molar-refractivity contribution in [3.05, 3.63) is 47.8 Å². The zero-order chi connectivity index (χ0) is 20.4. The van der Waals surface area contributed by atoms with Crippen LogP contribution in [0.5, 0.6) is 0 Å². The number of amides is 1. The van der Waals surface area contributed by atoms with E-state index in [1.165, 1.54) is 7.11 Å². The molecule has 3 aromatic heterocycles. The maximum atomic E-state index is 11.2. The van der Waals surface area contributed by atoms with Gasteiger partial charge >= 0.3 is 6.09 Å². The second-order valence-electron chi connectivity index (χ2n) is 7.35. The highest BCUT2D eigenvalue weighted by Crippen LogP contribution is 2.32. The predicted octanol–water partition coefficient (Wildman–Crippen LogP) is 3.76. The summed E-state index contributed by atoms with van der Waals surface area (Å²) in [7, 11) is 1.37. The predicted molar refractivity (Wildman–Crippen MR) is 115 cm³/mol. The number of nitrogens with zero attached hydrogens (tertiary/aromatic N) is 4. The molecule has 0 aliphatic heterocycles. The van der Waals surface area contributed by atoms with Gasteiger partial charge < -0.3 is 15.4 Å². The van der Waals surface area contributed by atoms with Crippen molar-refractivity contribution in [2.45, 2.75) is 33.2 Å². The fraction of sp³-hybridized carbons (Fsp3) is 0.364. The van der Waals surface area contributed by atoms with Crippen LogP contribution >= 0.6 is 0 Å². The highest BCUT2D eigenvalue weighted by atomic mass is 16.5. The second-order valence-corrected chi connectivity index (χ2v) is 7.35. The molecule has 1 amide bonds. The smallest absolute Gasteiger partial charge is 0.406 e. The fourth-order valence-electron chi connectivity index (χ4n) is 3.61. The number of fused-ring (bicyclic) bond motifs is 1. The number of aryl methyl sites for hydroxylation is 1. The van der Waals surface area contributed by atoms with Crippen molar-refractivity contribution in [3.8, 4) is 17.5 Å². The number of methoxy groups -OCH3 is 1. The van der Waals surface area contributed by atoms with Crippen LogP contribution in [-0.2, 0) is 4.74 Å². The molecule has 0 radical (unpaired) electrons. The SMILES string of the molecule is C.COC(=O)NCC1CC(Nc2cc(-c3ccc4cc(C#N)cnn34)ncc2C)C1. The number of carbonyl (C=O) groups is 1. The Hall–Kier alpha value is -3.60. The highest BCUT2D eigenvalue weighted by Gasteiger charge is 2.29. The number of alkyl carbamates (subject to hydrolysis) is 1. The maximum absolute atomic E-state index is 11.2. The Kier molecular flexibility index (Phi) is 6.21. The number of ether oxygens (including phenoxy) is 1. The lowest BCUT2D eigenvalue weighted by molar-refractivity contribution is 0.164. The number of carbonyl (C=O) groups excluding carboxylic acids is 1. The summed E-state index contributed by atoms with van der Waals surface area (Å²) < 4.78 is 6.40. The first-order chi connectivity index (χ1) is 14.1. The molecule has 30 heavy (non-hydrogen) atoms. The Morgan fingerprint density at radius 1 is 1.33 bits per heavy atom. The van der Waals surface area contributed by atoms with E-state index in [-0.39, 0.29) is 13.5 Å². The molecular formula is C22H26N6O2. The topological polar surface area (TPSA) is 104 Å². The Labute approximate surface area is 175 Å². The first-order valence-electron chi connectivity index (χ1n) is 9.50. The molecule has 3 aromatic rings. The Balaban J connectivity index is 0.00000256. The summed E-state index contributed by atoms with van der Waals surface area (Å²) in [6.45, 7) is 2.67. The molecule has 4 rings (SSSR count). The van der Waals surface area contributed by atoms with Crippen LogP contribution in [0.25, 0.3) is 16.9 Å². The van der Waals surface area contributed by atoms with Gasteiger partial charge in [0.15, 0.2) is 0 Å². The van der Waals surface area contributed by atoms with Gasteiger partial charge in [0.05, 0.1) is 35.8 Å². The summed E-state index contributed by atoms with van der Waals surface area (Å²) in [6, 6.07) is 10.2. The third-order valence-electron chi connectivity index (χ3n) is 5.31. The number of hydrogen-bond donors (Lipinski definition) is 2. The zero-order valence-corrected chi connectivity index (χ0v) is 16.3. The van der Waals surface area contributed by atoms with Crippen LogP contribution in [0.1, 0.15) is 31.4 Å². The first kappa shape index (κ1) is 21.1. The van der Waals surface area contributed by atoms with Gasteiger partial charge in [0.2, 0.25) is 0 Å². The first-order valence-corrected chi connectivity index (χ1v) is 9.50. The average molecular weight is 406 g/mol. The third-order valence-corrected chi connectivity index (χ3v) is 5.31. The number of aromatic nitrogens is 3. The lowest BCUT2D eigenvalue weighted by atomic mass is 9.80. The molecule has 0 atom stereocenters. The zero-order valence-electron chi connectivity index (χ0n) is 16.3. The van der Waals surface area contributed by atoms with Gasteiger partial charge in [0.25, 0.3) is 0 Å². The Bertz CT molecular complexity index is 1090. The summed E-state index contributed by atoms with van der Waals surface area (Å²) in [5.41, 5.74) is 5.20. The van der Waals surface area contributed by atoms with Crippen LogP contribution in [0.2, 0.25) is 0 Å². The third kappa shape index (κ3) is 4.20. The van der Waals surface area contributed by atoms with Crippen molar-refractivity contribution in [1.82, 2.24) is 19.9 Å². The van der Waals surface area contributed by atoms with Gasteiger partial charge in [-0.05, 0) is 55.5 Å². The number of hydrogen-bond acceptors (Lipinski definition) is 6. The molecular weight excluding hydrogens is 380 g/mol. The van der Waals surface area contributed by atoms with Crippen LogP contribution < -0.4 is 10.6 Å². The van der Waals surface area contributed by atoms with Crippen molar-refractivity contribution < 1.29 is 9.53 Å². The van der Waals surface area contributed by atoms with Gasteiger partial charge in [0.1, 0.15) is 6.07 Å². The van der Waals surface area contributed by atoms with Crippen molar-refractivity contribution >= 4 is 17.3 Å². The number of rotatable bonds is 5. The Morgan fingerprint density at radius 3 is 2.87 bits per heavy atom. The van der Waals surface area contributed by atoms with Crippen molar-refractivity contribution in [1.29, 1.82) is 5.26 Å². The van der Waals surface area contributed by atoms with E-state index in [2.05, 4.69) is 31.5 Å². The van der Waals surface area contributed by atoms with Gasteiger partial charge in [-0.25, -0.2) is 9.31 Å². The number of nitriles is 1. The number of anilines is 1. The van der Waals surface area contributed by atoms with Gasteiger partial charge in [-0.15, -0.1) is 0 Å².